The average molecular weight is 487 g/mol. The summed E-state index contributed by atoms with van der Waals surface area (Å²) in [6.45, 7) is 5.34. The first-order valence-electron chi connectivity index (χ1n) is 11.4. The molecule has 174 valence electrons. The van der Waals surface area contributed by atoms with Gasteiger partial charge in [0.1, 0.15) is 4.90 Å². The summed E-state index contributed by atoms with van der Waals surface area (Å²) in [5.74, 6) is 0.729. The summed E-state index contributed by atoms with van der Waals surface area (Å²) >= 11 is 5.97. The van der Waals surface area contributed by atoms with E-state index >= 15 is 0 Å². The lowest BCUT2D eigenvalue weighted by molar-refractivity contribution is -0.138. The molecule has 0 spiro atoms. The maximum absolute atomic E-state index is 13.1. The molecule has 3 heterocycles. The number of sulfonamides is 1. The van der Waals surface area contributed by atoms with Crippen molar-refractivity contribution in [1.29, 1.82) is 0 Å². The second-order valence-corrected chi connectivity index (χ2v) is 10.9. The molecule has 0 N–H and O–H groups in total. The van der Waals surface area contributed by atoms with E-state index in [1.54, 1.807) is 18.2 Å². The molecule has 0 radical (unpaired) electrons. The van der Waals surface area contributed by atoms with Crippen molar-refractivity contribution in [3.8, 4) is 0 Å². The van der Waals surface area contributed by atoms with E-state index in [1.165, 1.54) is 5.56 Å². The molecule has 33 heavy (non-hydrogen) atoms. The Morgan fingerprint density at radius 1 is 0.939 bits per heavy atom. The minimum atomic E-state index is -3.62. The first-order chi connectivity index (χ1) is 15.9. The van der Waals surface area contributed by atoms with Crippen LogP contribution in [0.4, 0.5) is 0 Å². The molecule has 1 amide bonds. The van der Waals surface area contributed by atoms with Crippen molar-refractivity contribution < 1.29 is 13.2 Å². The highest BCUT2D eigenvalue weighted by molar-refractivity contribution is 7.90. The second kappa shape index (κ2) is 9.08. The standard InChI is InChI=1S/C24H27ClN4O3S/c25-20-7-5-18(6-8-20)17-27-13-15-29(16-14-27)24(30)19-9-11-28(12-10-19)23-21-3-1-2-4-22(21)33(31,32)26-23/h1-8,19H,9-17H2. The number of nitrogens with zero attached hydrogens (tertiary/aromatic N) is 4. The summed E-state index contributed by atoms with van der Waals surface area (Å²) in [5.41, 5.74) is 1.89. The number of piperazine rings is 1. The molecule has 7 nitrogen and oxygen atoms in total. The average Bonchev–Trinajstić information content (AvgIpc) is 3.12. The maximum Gasteiger partial charge on any atom is 0.285 e. The van der Waals surface area contributed by atoms with E-state index in [4.69, 9.17) is 11.6 Å². The number of carbonyl (C=O) groups is 1. The Labute approximate surface area is 199 Å². The molecule has 3 aliphatic heterocycles. The van der Waals surface area contributed by atoms with Gasteiger partial charge in [0.2, 0.25) is 5.91 Å². The molecule has 0 aliphatic carbocycles. The maximum atomic E-state index is 13.1. The van der Waals surface area contributed by atoms with Crippen LogP contribution in [0.5, 0.6) is 0 Å². The smallest absolute Gasteiger partial charge is 0.285 e. The van der Waals surface area contributed by atoms with Gasteiger partial charge in [-0.3, -0.25) is 9.69 Å². The van der Waals surface area contributed by atoms with E-state index in [1.807, 2.05) is 40.1 Å². The number of hydrogen-bond acceptors (Lipinski definition) is 5. The van der Waals surface area contributed by atoms with Gasteiger partial charge >= 0.3 is 0 Å². The highest BCUT2D eigenvalue weighted by Crippen LogP contribution is 2.30. The summed E-state index contributed by atoms with van der Waals surface area (Å²) in [6, 6.07) is 14.9. The molecule has 0 aromatic heterocycles. The second-order valence-electron chi connectivity index (χ2n) is 8.88. The van der Waals surface area contributed by atoms with Crippen molar-refractivity contribution in [2.45, 2.75) is 24.3 Å². The Hall–Kier alpha value is -2.42. The van der Waals surface area contributed by atoms with E-state index in [0.29, 0.717) is 37.3 Å². The Kier molecular flexibility index (Phi) is 6.16. The van der Waals surface area contributed by atoms with E-state index in [-0.39, 0.29) is 16.7 Å². The van der Waals surface area contributed by atoms with Gasteiger partial charge in [-0.05, 0) is 42.7 Å². The fourth-order valence-corrected chi connectivity index (χ4v) is 6.24. The highest BCUT2D eigenvalue weighted by Gasteiger charge is 2.35. The molecular formula is C24H27ClN4O3S. The van der Waals surface area contributed by atoms with E-state index < -0.39 is 10.0 Å². The molecule has 0 atom stereocenters. The number of likely N-dealkylation sites (tertiary alicyclic amines) is 1. The number of hydrogen-bond donors (Lipinski definition) is 0. The van der Waals surface area contributed by atoms with Crippen LogP contribution in [0.15, 0.2) is 57.8 Å². The zero-order valence-electron chi connectivity index (χ0n) is 18.4. The van der Waals surface area contributed by atoms with Crippen molar-refractivity contribution in [3.63, 3.8) is 0 Å². The molecule has 2 aromatic carbocycles. The van der Waals surface area contributed by atoms with Gasteiger partial charge in [0.15, 0.2) is 5.84 Å². The van der Waals surface area contributed by atoms with Gasteiger partial charge in [0.25, 0.3) is 10.0 Å². The highest BCUT2D eigenvalue weighted by atomic mass is 35.5. The van der Waals surface area contributed by atoms with Gasteiger partial charge in [-0.2, -0.15) is 8.42 Å². The monoisotopic (exact) mass is 486 g/mol. The van der Waals surface area contributed by atoms with Crippen LogP contribution in [0.25, 0.3) is 0 Å². The van der Waals surface area contributed by atoms with E-state index in [0.717, 1.165) is 37.7 Å². The molecule has 3 aliphatic rings. The Morgan fingerprint density at radius 3 is 2.30 bits per heavy atom. The van der Waals surface area contributed by atoms with Crippen molar-refractivity contribution in [2.75, 3.05) is 39.3 Å². The molecule has 9 heteroatoms. The van der Waals surface area contributed by atoms with Crippen LogP contribution in [0.3, 0.4) is 0 Å². The van der Waals surface area contributed by atoms with Gasteiger partial charge in [-0.25, -0.2) is 0 Å². The van der Waals surface area contributed by atoms with Crippen LogP contribution in [0.1, 0.15) is 24.0 Å². The van der Waals surface area contributed by atoms with Crippen LogP contribution >= 0.6 is 11.6 Å². The first kappa shape index (κ1) is 22.4. The number of amidine groups is 1. The molecule has 5 rings (SSSR count). The number of fused-ring (bicyclic) bond motifs is 1. The summed E-state index contributed by atoms with van der Waals surface area (Å²) < 4.78 is 28.7. The normalized spacial score (nSPS) is 21.1. The lowest BCUT2D eigenvalue weighted by atomic mass is 9.94. The fraction of sp³-hybridized carbons (Fsp3) is 0.417. The topological polar surface area (TPSA) is 73.3 Å². The molecule has 0 saturated carbocycles. The predicted molar refractivity (Wildman–Crippen MR) is 128 cm³/mol. The number of piperidine rings is 1. The van der Waals surface area contributed by atoms with Crippen LogP contribution in [0, 0.1) is 5.92 Å². The first-order valence-corrected chi connectivity index (χ1v) is 13.2. The van der Waals surface area contributed by atoms with Crippen LogP contribution < -0.4 is 0 Å². The number of amides is 1. The quantitative estimate of drug-likeness (QED) is 0.667. The van der Waals surface area contributed by atoms with Crippen molar-refractivity contribution >= 4 is 33.4 Å². The van der Waals surface area contributed by atoms with Gasteiger partial charge < -0.3 is 9.80 Å². The lowest BCUT2D eigenvalue weighted by Crippen LogP contribution is -2.51. The fourth-order valence-electron chi connectivity index (χ4n) is 4.89. The molecule has 2 aromatic rings. The largest absolute Gasteiger partial charge is 0.355 e. The number of halogens is 1. The zero-order valence-corrected chi connectivity index (χ0v) is 19.9. The zero-order chi connectivity index (χ0) is 23.0. The molecule has 2 saturated heterocycles. The van der Waals surface area contributed by atoms with Gasteiger partial charge in [0, 0.05) is 62.3 Å². The molecule has 0 unspecified atom stereocenters. The molecule has 0 bridgehead atoms. The van der Waals surface area contributed by atoms with Crippen LogP contribution in [-0.4, -0.2) is 74.1 Å². The molecule has 2 fully saturated rings. The van der Waals surface area contributed by atoms with Crippen molar-refractivity contribution in [3.05, 3.63) is 64.7 Å². The number of benzene rings is 2. The van der Waals surface area contributed by atoms with Crippen LogP contribution in [0.2, 0.25) is 5.02 Å². The van der Waals surface area contributed by atoms with Gasteiger partial charge in [0.05, 0.1) is 0 Å². The summed E-state index contributed by atoms with van der Waals surface area (Å²) in [7, 11) is -3.62. The van der Waals surface area contributed by atoms with E-state index in [9.17, 15) is 13.2 Å². The number of rotatable bonds is 3. The minimum absolute atomic E-state index is 0.0158. The lowest BCUT2D eigenvalue weighted by Gasteiger charge is -2.39. The number of carbonyl (C=O) groups excluding carboxylic acids is 1. The Morgan fingerprint density at radius 2 is 1.61 bits per heavy atom. The Bertz CT molecular complexity index is 1170. The third kappa shape index (κ3) is 4.65. The Balaban J connectivity index is 1.14. The van der Waals surface area contributed by atoms with Gasteiger partial charge in [-0.1, -0.05) is 35.9 Å². The van der Waals surface area contributed by atoms with Crippen molar-refractivity contribution in [2.24, 2.45) is 10.3 Å². The molecular weight excluding hydrogens is 460 g/mol. The van der Waals surface area contributed by atoms with Crippen LogP contribution in [-0.2, 0) is 21.4 Å². The summed E-state index contributed by atoms with van der Waals surface area (Å²) in [5, 5.41) is 0.742. The van der Waals surface area contributed by atoms with Crippen molar-refractivity contribution in [1.82, 2.24) is 14.7 Å². The third-order valence-electron chi connectivity index (χ3n) is 6.76. The third-order valence-corrected chi connectivity index (χ3v) is 8.34. The minimum Gasteiger partial charge on any atom is -0.355 e. The predicted octanol–water partition coefficient (Wildman–Crippen LogP) is 2.85. The summed E-state index contributed by atoms with van der Waals surface area (Å²) in [4.78, 5) is 19.8. The SMILES string of the molecule is O=C(C1CCN(C2=NS(=O)(=O)c3ccccc32)CC1)N1CCN(Cc2ccc(Cl)cc2)CC1. The van der Waals surface area contributed by atoms with E-state index in [2.05, 4.69) is 9.30 Å². The van der Waals surface area contributed by atoms with Gasteiger partial charge in [-0.15, -0.1) is 4.40 Å². The summed E-state index contributed by atoms with van der Waals surface area (Å²) in [6.07, 6.45) is 1.43.